The number of halogens is 1. The van der Waals surface area contributed by atoms with E-state index in [2.05, 4.69) is 16.2 Å². The number of hydrogen-bond acceptors (Lipinski definition) is 2. The Kier molecular flexibility index (Phi) is 3.96. The van der Waals surface area contributed by atoms with E-state index in [-0.39, 0.29) is 0 Å². The standard InChI is InChI=1S/C8H9ClN3.Cm/c1-12(2)6-11-7-3-4-8(9)10-5-7;/h3-4,6H,1-2H3;/q-1;. The van der Waals surface area contributed by atoms with Gasteiger partial charge in [0.05, 0.1) is 6.34 Å². The van der Waals surface area contributed by atoms with E-state index in [9.17, 15) is 0 Å². The van der Waals surface area contributed by atoms with Crippen molar-refractivity contribution in [2.45, 2.75) is 0 Å². The minimum atomic E-state index is 0. The van der Waals surface area contributed by atoms with E-state index < -0.39 is 0 Å². The third-order valence-electron chi connectivity index (χ3n) is 1.08. The van der Waals surface area contributed by atoms with Gasteiger partial charge in [0.1, 0.15) is 0 Å². The smallest absolute Gasteiger partial charge is 0.0881 e. The summed E-state index contributed by atoms with van der Waals surface area (Å²) in [4.78, 5) is 9.67. The van der Waals surface area contributed by atoms with Crippen molar-refractivity contribution in [3.63, 3.8) is 0 Å². The summed E-state index contributed by atoms with van der Waals surface area (Å²) in [5.74, 6) is 0. The zero-order valence-electron chi connectivity index (χ0n) is 7.31. The van der Waals surface area contributed by atoms with Crippen LogP contribution in [0.5, 0.6) is 0 Å². The van der Waals surface area contributed by atoms with Crippen molar-refractivity contribution in [1.82, 2.24) is 9.88 Å². The maximum Gasteiger partial charge on any atom is 0.0881 e. The molecule has 13 heavy (non-hydrogen) atoms. The molecular weight excluding hydrogens is 421 g/mol. The van der Waals surface area contributed by atoms with Crippen molar-refractivity contribution < 1.29 is 0 Å². The number of hydrogen-bond donors (Lipinski definition) is 0. The molecule has 0 saturated heterocycles. The molecule has 0 fully saturated rings. The quantitative estimate of drug-likeness (QED) is 0.310. The van der Waals surface area contributed by atoms with Crippen molar-refractivity contribution in [1.29, 1.82) is 0 Å². The van der Waals surface area contributed by atoms with Gasteiger partial charge in [-0.1, -0.05) is 6.20 Å². The van der Waals surface area contributed by atoms with Gasteiger partial charge in [0, 0.05) is 19.2 Å². The average molecular weight is 430 g/mol. The number of nitrogens with zero attached hydrogens (tertiary/aromatic N) is 3. The molecule has 0 radical (unpaired) electrons. The van der Waals surface area contributed by atoms with Gasteiger partial charge in [-0.3, -0.25) is 4.99 Å². The molecule has 72 valence electrons. The second-order valence-electron chi connectivity index (χ2n) is 2.47. The molecule has 0 aromatic carbocycles. The summed E-state index contributed by atoms with van der Waals surface area (Å²) in [5, 5.41) is 0.429. The fraction of sp³-hybridized carbons (Fsp3) is 0.250. The van der Waals surface area contributed by atoms with E-state index in [1.807, 2.05) is 19.0 Å². The van der Waals surface area contributed by atoms with Crippen LogP contribution in [0.4, 0.5) is 5.69 Å². The number of rotatable bonds is 2. The Morgan fingerprint density at radius 1 is 1.54 bits per heavy atom. The fourth-order valence-corrected chi connectivity index (χ4v) is 0.688. The van der Waals surface area contributed by atoms with Crippen LogP contribution in [0, 0.1) is 6.20 Å². The number of aliphatic imine (C=N–C) groups is 1. The minimum absolute atomic E-state index is 0. The molecule has 1 aromatic rings. The molecule has 1 aromatic heterocycles. The molecule has 1 heterocycles. The molecule has 3 nitrogen and oxygen atoms in total. The van der Waals surface area contributed by atoms with Gasteiger partial charge in [0.25, 0.3) is 0 Å². The summed E-state index contributed by atoms with van der Waals surface area (Å²) in [6.07, 6.45) is 4.37. The molecular formula is C8H9ClCmN3-. The van der Waals surface area contributed by atoms with Crippen molar-refractivity contribution in [3.8, 4) is 0 Å². The predicted molar refractivity (Wildman–Crippen MR) is 49.9 cm³/mol. The number of aromatic nitrogens is 1. The molecule has 0 saturated carbocycles. The maximum atomic E-state index is 5.57. The van der Waals surface area contributed by atoms with Crippen molar-refractivity contribution in [2.24, 2.45) is 4.99 Å². The molecule has 0 aliphatic carbocycles. The Labute approximate surface area is 76.7 Å². The Hall–Kier alpha value is -2.09. The van der Waals surface area contributed by atoms with Gasteiger partial charge in [0.15, 0.2) is 0 Å². The van der Waals surface area contributed by atoms with Crippen LogP contribution in [0.1, 0.15) is 0 Å². The summed E-state index contributed by atoms with van der Waals surface area (Å²) in [6.45, 7) is 0. The summed E-state index contributed by atoms with van der Waals surface area (Å²) < 4.78 is 0. The van der Waals surface area contributed by atoms with Crippen LogP contribution in [0.2, 0.25) is 5.15 Å². The van der Waals surface area contributed by atoms with Gasteiger partial charge in [-0.15, -0.1) is 23.7 Å². The first-order chi connectivity index (χ1) is 5.68. The molecule has 0 spiro atoms. The Morgan fingerprint density at radius 3 is 2.69 bits per heavy atom. The van der Waals surface area contributed by atoms with Gasteiger partial charge in [-0.25, -0.2) is 0 Å². The normalized spacial score (nSPS) is 9.77. The Bertz CT molecular complexity index is 271. The second kappa shape index (κ2) is 4.72. The van der Waals surface area contributed by atoms with Crippen LogP contribution in [-0.2, 0) is 0 Å². The zero-order valence-corrected chi connectivity index (χ0v) is 11.0. The van der Waals surface area contributed by atoms with Crippen molar-refractivity contribution >= 4 is 23.6 Å². The summed E-state index contributed by atoms with van der Waals surface area (Å²) in [6, 6.07) is 3.44. The molecule has 1 rings (SSSR count). The molecule has 5 heteroatoms. The van der Waals surface area contributed by atoms with Gasteiger partial charge >= 0.3 is 0 Å². The van der Waals surface area contributed by atoms with Gasteiger partial charge in [-0.2, -0.15) is 0 Å². The van der Waals surface area contributed by atoms with E-state index in [4.69, 9.17) is 11.6 Å². The molecule has 0 unspecified atom stereocenters. The SMILES string of the molecule is CN(C)C=Nc1[c-]nc(Cl)cc1.[Cm]. The largest absolute Gasteiger partial charge is 0.374 e. The molecule has 0 aliphatic heterocycles. The molecule has 0 amide bonds. The average Bonchev–Trinajstić information content (AvgIpc) is 2.03. The predicted octanol–water partition coefficient (Wildman–Crippen LogP) is 1.76. The van der Waals surface area contributed by atoms with Gasteiger partial charge < -0.3 is 9.88 Å². The first-order valence-corrected chi connectivity index (χ1v) is 3.81. The summed E-state index contributed by atoms with van der Waals surface area (Å²) >= 11 is 5.57. The van der Waals surface area contributed by atoms with Crippen LogP contribution in [-0.4, -0.2) is 30.3 Å². The monoisotopic (exact) mass is 425 g/mol. The number of pyridine rings is 1. The maximum absolute atomic E-state index is 5.57. The third kappa shape index (κ3) is 3.72. The van der Waals surface area contributed by atoms with E-state index in [0.717, 1.165) is 0 Å². The van der Waals surface area contributed by atoms with Gasteiger partial charge in [-0.05, 0) is 5.69 Å². The Morgan fingerprint density at radius 2 is 2.23 bits per heavy atom. The topological polar surface area (TPSA) is 28.5 Å². The van der Waals surface area contributed by atoms with Gasteiger partial charge in [0.2, 0.25) is 0 Å². The van der Waals surface area contributed by atoms with Crippen LogP contribution >= 0.6 is 11.6 Å². The second-order valence-corrected chi connectivity index (χ2v) is 2.86. The molecule has 0 atom stereocenters. The van der Waals surface area contributed by atoms with E-state index in [1.165, 1.54) is 0 Å². The third-order valence-corrected chi connectivity index (χ3v) is 1.29. The summed E-state index contributed by atoms with van der Waals surface area (Å²) in [5.41, 5.74) is 0.674. The molecule has 0 aliphatic rings. The van der Waals surface area contributed by atoms with E-state index >= 15 is 0 Å². The fourth-order valence-electron chi connectivity index (χ4n) is 0.582. The Balaban J connectivity index is 0.00000144. The van der Waals surface area contributed by atoms with Crippen LogP contribution in [0.15, 0.2) is 17.1 Å². The first kappa shape index (κ1) is 10.9. The first-order valence-electron chi connectivity index (χ1n) is 3.43. The van der Waals surface area contributed by atoms with Crippen molar-refractivity contribution in [2.75, 3.05) is 14.1 Å². The van der Waals surface area contributed by atoms with Crippen LogP contribution in [0.25, 0.3) is 0 Å². The summed E-state index contributed by atoms with van der Waals surface area (Å²) in [7, 11) is 3.79. The minimum Gasteiger partial charge on any atom is -0.374 e. The van der Waals surface area contributed by atoms with E-state index in [1.54, 1.807) is 18.5 Å². The van der Waals surface area contributed by atoms with Crippen molar-refractivity contribution in [3.05, 3.63) is 23.5 Å². The molecule has 0 N–H and O–H groups in total. The zero-order chi connectivity index (χ0) is 8.97. The molecule has 0 bridgehead atoms. The van der Waals surface area contributed by atoms with E-state index in [0.29, 0.717) is 10.8 Å². The van der Waals surface area contributed by atoms with Crippen LogP contribution < -0.4 is 0 Å². The van der Waals surface area contributed by atoms with Crippen LogP contribution in [0.3, 0.4) is 0 Å².